The van der Waals surface area contributed by atoms with Gasteiger partial charge in [-0.3, -0.25) is 9.78 Å². The van der Waals surface area contributed by atoms with Gasteiger partial charge in [0.05, 0.1) is 17.7 Å². The third kappa shape index (κ3) is 4.53. The topological polar surface area (TPSA) is 88.5 Å². The lowest BCUT2D eigenvalue weighted by molar-refractivity contribution is -0.146. The number of halogens is 1. The normalized spacial score (nSPS) is 21.4. The number of hydrogen-bond donors (Lipinski definition) is 2. The van der Waals surface area contributed by atoms with Crippen LogP contribution < -0.4 is 10.1 Å². The summed E-state index contributed by atoms with van der Waals surface area (Å²) in [5.74, 6) is -0.338. The number of aromatic nitrogens is 1. The molecule has 6 nitrogen and oxygen atoms in total. The molecule has 0 radical (unpaired) electrons. The van der Waals surface area contributed by atoms with Gasteiger partial charge < -0.3 is 15.2 Å². The van der Waals surface area contributed by atoms with Crippen molar-refractivity contribution in [2.45, 2.75) is 44.6 Å². The summed E-state index contributed by atoms with van der Waals surface area (Å²) < 4.78 is 5.16. The number of rotatable bonds is 6. The van der Waals surface area contributed by atoms with E-state index in [2.05, 4.69) is 17.2 Å². The Bertz CT molecular complexity index is 907. The number of methoxy groups -OCH3 is 1. The second-order valence-electron chi connectivity index (χ2n) is 7.50. The molecule has 0 unspecified atom stereocenters. The van der Waals surface area contributed by atoms with Crippen molar-refractivity contribution in [1.29, 1.82) is 0 Å². The molecule has 3 rings (SSSR count). The first-order valence-electron chi connectivity index (χ1n) is 9.73. The van der Waals surface area contributed by atoms with Crippen molar-refractivity contribution < 1.29 is 19.4 Å². The molecule has 0 bridgehead atoms. The lowest BCUT2D eigenvalue weighted by atomic mass is 9.75. The van der Waals surface area contributed by atoms with E-state index < -0.39 is 17.4 Å². The monoisotopic (exact) mass is 416 g/mol. The summed E-state index contributed by atoms with van der Waals surface area (Å²) in [6.45, 7) is 2.11. The summed E-state index contributed by atoms with van der Waals surface area (Å²) >= 11 is 6.20. The Morgan fingerprint density at radius 3 is 2.55 bits per heavy atom. The molecule has 1 aromatic heterocycles. The SMILES string of the molecule is CC[C@H]1CC[C@](NC(=O)c2cncc(-c3ccc(OC)c(Cl)c3)c2)(C(=O)O)CC1. The average Bonchev–Trinajstić information content (AvgIpc) is 2.74. The Hall–Kier alpha value is -2.60. The Labute approximate surface area is 175 Å². The first-order valence-corrected chi connectivity index (χ1v) is 10.1. The van der Waals surface area contributed by atoms with Crippen molar-refractivity contribution >= 4 is 23.5 Å². The highest BCUT2D eigenvalue weighted by molar-refractivity contribution is 6.32. The minimum absolute atomic E-state index is 0.313. The maximum Gasteiger partial charge on any atom is 0.329 e. The Balaban J connectivity index is 1.82. The van der Waals surface area contributed by atoms with Crippen LogP contribution in [0.25, 0.3) is 11.1 Å². The van der Waals surface area contributed by atoms with Gasteiger partial charge in [0, 0.05) is 18.0 Å². The van der Waals surface area contributed by atoms with Gasteiger partial charge in [-0.1, -0.05) is 31.0 Å². The zero-order chi connectivity index (χ0) is 21.0. The minimum atomic E-state index is -1.22. The van der Waals surface area contributed by atoms with E-state index in [1.807, 2.05) is 6.07 Å². The molecule has 7 heteroatoms. The number of ether oxygens (including phenoxy) is 1. The fraction of sp³-hybridized carbons (Fsp3) is 0.409. The highest BCUT2D eigenvalue weighted by Gasteiger charge is 2.43. The van der Waals surface area contributed by atoms with Crippen molar-refractivity contribution in [2.75, 3.05) is 7.11 Å². The van der Waals surface area contributed by atoms with E-state index >= 15 is 0 Å². The van der Waals surface area contributed by atoms with Crippen LogP contribution in [0, 0.1) is 5.92 Å². The van der Waals surface area contributed by atoms with E-state index in [-0.39, 0.29) is 0 Å². The second-order valence-corrected chi connectivity index (χ2v) is 7.91. The molecule has 29 heavy (non-hydrogen) atoms. The molecule has 0 spiro atoms. The highest BCUT2D eigenvalue weighted by Crippen LogP contribution is 2.34. The fourth-order valence-corrected chi connectivity index (χ4v) is 4.09. The maximum absolute atomic E-state index is 12.9. The molecular formula is C22H25ClN2O4. The standard InChI is InChI=1S/C22H25ClN2O4/c1-3-14-6-8-22(9-7-14,21(27)28)25-20(26)17-10-16(12-24-13-17)15-4-5-19(29-2)18(23)11-15/h4-5,10-14H,3,6-9H2,1-2H3,(H,25,26)(H,27,28)/t14-,22+. The number of carbonyl (C=O) groups excluding carboxylic acids is 1. The van der Waals surface area contributed by atoms with E-state index in [4.69, 9.17) is 16.3 Å². The molecular weight excluding hydrogens is 392 g/mol. The number of nitrogens with zero attached hydrogens (tertiary/aromatic N) is 1. The van der Waals surface area contributed by atoms with Gasteiger partial charge in [-0.25, -0.2) is 4.79 Å². The third-order valence-corrected chi connectivity index (χ3v) is 6.08. The minimum Gasteiger partial charge on any atom is -0.495 e. The first kappa shape index (κ1) is 21.1. The van der Waals surface area contributed by atoms with Crippen LogP contribution in [-0.2, 0) is 4.79 Å². The molecule has 1 heterocycles. The van der Waals surface area contributed by atoms with Crippen molar-refractivity contribution in [1.82, 2.24) is 10.3 Å². The van der Waals surface area contributed by atoms with Gasteiger partial charge in [-0.05, 0) is 55.4 Å². The van der Waals surface area contributed by atoms with Crippen LogP contribution in [0.2, 0.25) is 5.02 Å². The molecule has 0 aliphatic heterocycles. The quantitative estimate of drug-likeness (QED) is 0.720. The molecule has 2 N–H and O–H groups in total. The largest absolute Gasteiger partial charge is 0.495 e. The zero-order valence-electron chi connectivity index (χ0n) is 16.6. The smallest absolute Gasteiger partial charge is 0.329 e. The van der Waals surface area contributed by atoms with E-state index in [0.717, 1.165) is 24.8 Å². The molecule has 1 fully saturated rings. The number of carbonyl (C=O) groups is 2. The first-order chi connectivity index (χ1) is 13.9. The number of amides is 1. The number of nitrogens with one attached hydrogen (secondary N) is 1. The average molecular weight is 417 g/mol. The molecule has 1 aromatic carbocycles. The Kier molecular flexibility index (Phi) is 6.42. The van der Waals surface area contributed by atoms with Gasteiger partial charge >= 0.3 is 5.97 Å². The molecule has 154 valence electrons. The van der Waals surface area contributed by atoms with Crippen molar-refractivity contribution in [2.24, 2.45) is 5.92 Å². The predicted octanol–water partition coefficient (Wildman–Crippen LogP) is 4.56. The van der Waals surface area contributed by atoms with Crippen molar-refractivity contribution in [3.8, 4) is 16.9 Å². The third-order valence-electron chi connectivity index (χ3n) is 5.78. The maximum atomic E-state index is 12.9. The summed E-state index contributed by atoms with van der Waals surface area (Å²) in [4.78, 5) is 29.0. The molecule has 1 aliphatic carbocycles. The Morgan fingerprint density at radius 2 is 1.97 bits per heavy atom. The summed E-state index contributed by atoms with van der Waals surface area (Å²) in [6.07, 6.45) is 6.57. The van der Waals surface area contributed by atoms with E-state index in [9.17, 15) is 14.7 Å². The van der Waals surface area contributed by atoms with Crippen LogP contribution in [0.5, 0.6) is 5.75 Å². The number of benzene rings is 1. The van der Waals surface area contributed by atoms with Crippen LogP contribution >= 0.6 is 11.6 Å². The molecule has 2 aromatic rings. The number of carboxylic acids is 1. The number of pyridine rings is 1. The second kappa shape index (κ2) is 8.82. The van der Waals surface area contributed by atoms with Crippen molar-refractivity contribution in [3.05, 3.63) is 47.2 Å². The fourth-order valence-electron chi connectivity index (χ4n) is 3.83. The van der Waals surface area contributed by atoms with E-state index in [1.165, 1.54) is 6.20 Å². The molecule has 0 saturated heterocycles. The van der Waals surface area contributed by atoms with Crippen LogP contribution in [-0.4, -0.2) is 34.6 Å². The van der Waals surface area contributed by atoms with Gasteiger partial charge in [0.25, 0.3) is 5.91 Å². The van der Waals surface area contributed by atoms with Gasteiger partial charge in [-0.15, -0.1) is 0 Å². The predicted molar refractivity (Wildman–Crippen MR) is 111 cm³/mol. The summed E-state index contributed by atoms with van der Waals surface area (Å²) in [7, 11) is 1.54. The van der Waals surface area contributed by atoms with Crippen LogP contribution in [0.1, 0.15) is 49.4 Å². The lowest BCUT2D eigenvalue weighted by Crippen LogP contribution is -2.56. The van der Waals surface area contributed by atoms with Crippen molar-refractivity contribution in [3.63, 3.8) is 0 Å². The Morgan fingerprint density at radius 1 is 1.24 bits per heavy atom. The summed E-state index contributed by atoms with van der Waals surface area (Å²) in [5, 5.41) is 13.0. The zero-order valence-corrected chi connectivity index (χ0v) is 17.3. The van der Waals surface area contributed by atoms with Crippen LogP contribution in [0.3, 0.4) is 0 Å². The summed E-state index contributed by atoms with van der Waals surface area (Å²) in [5.41, 5.74) is 0.589. The molecule has 1 amide bonds. The molecule has 1 aliphatic rings. The number of aliphatic carboxylic acids is 1. The highest BCUT2D eigenvalue weighted by atomic mass is 35.5. The lowest BCUT2D eigenvalue weighted by Gasteiger charge is -2.37. The molecule has 0 atom stereocenters. The van der Waals surface area contributed by atoms with Crippen LogP contribution in [0.15, 0.2) is 36.7 Å². The van der Waals surface area contributed by atoms with Gasteiger partial charge in [0.1, 0.15) is 11.3 Å². The van der Waals surface area contributed by atoms with Gasteiger partial charge in [-0.2, -0.15) is 0 Å². The van der Waals surface area contributed by atoms with Crippen LogP contribution in [0.4, 0.5) is 0 Å². The number of hydrogen-bond acceptors (Lipinski definition) is 4. The summed E-state index contributed by atoms with van der Waals surface area (Å²) in [6, 6.07) is 7.00. The molecule has 1 saturated carbocycles. The van der Waals surface area contributed by atoms with Gasteiger partial charge in [0.15, 0.2) is 0 Å². The van der Waals surface area contributed by atoms with E-state index in [1.54, 1.807) is 31.5 Å². The number of carboxylic acid groups (broad SMARTS) is 1. The van der Waals surface area contributed by atoms with Gasteiger partial charge in [0.2, 0.25) is 0 Å². The van der Waals surface area contributed by atoms with E-state index in [0.29, 0.717) is 40.7 Å².